The molecule has 2 rings (SSSR count). The molecule has 0 aliphatic heterocycles. The SMILES string of the molecule is Cc1ccc(OS(=O)[O-])c2c1C2. The Balaban J connectivity index is 2.32. The first-order valence-corrected chi connectivity index (χ1v) is 4.57. The Labute approximate surface area is 72.9 Å². The molecule has 1 aromatic carbocycles. The highest BCUT2D eigenvalue weighted by molar-refractivity contribution is 7.74. The van der Waals surface area contributed by atoms with Crippen molar-refractivity contribution >= 4 is 11.4 Å². The smallest absolute Gasteiger partial charge is 0.143 e. The molecular formula is C8H7O3S-. The molecule has 0 saturated carbocycles. The van der Waals surface area contributed by atoms with Crippen LogP contribution in [0.2, 0.25) is 0 Å². The van der Waals surface area contributed by atoms with Crippen molar-refractivity contribution in [2.45, 2.75) is 13.3 Å². The summed E-state index contributed by atoms with van der Waals surface area (Å²) >= 11 is -2.45. The van der Waals surface area contributed by atoms with Gasteiger partial charge in [0.2, 0.25) is 0 Å². The maximum absolute atomic E-state index is 10.2. The Hall–Kier alpha value is -0.870. The van der Waals surface area contributed by atoms with Gasteiger partial charge in [0.05, 0.1) is 0 Å². The topological polar surface area (TPSA) is 49.4 Å². The van der Waals surface area contributed by atoms with E-state index in [1.165, 1.54) is 11.1 Å². The Kier molecular flexibility index (Phi) is 1.66. The number of benzene rings is 1. The third-order valence-corrected chi connectivity index (χ3v) is 2.32. The molecule has 0 saturated heterocycles. The Morgan fingerprint density at radius 1 is 1.50 bits per heavy atom. The minimum absolute atomic E-state index is 0.476. The van der Waals surface area contributed by atoms with Crippen LogP contribution in [0.3, 0.4) is 0 Å². The molecule has 0 fully saturated rings. The maximum Gasteiger partial charge on any atom is 0.143 e. The van der Waals surface area contributed by atoms with Crippen molar-refractivity contribution in [3.05, 3.63) is 28.8 Å². The van der Waals surface area contributed by atoms with Gasteiger partial charge in [-0.3, -0.25) is 0 Å². The quantitative estimate of drug-likeness (QED) is 0.654. The molecule has 0 N–H and O–H groups in total. The maximum atomic E-state index is 10.2. The van der Waals surface area contributed by atoms with Gasteiger partial charge in [-0.1, -0.05) is 6.07 Å². The zero-order valence-corrected chi connectivity index (χ0v) is 7.31. The van der Waals surface area contributed by atoms with E-state index in [-0.39, 0.29) is 0 Å². The highest BCUT2D eigenvalue weighted by atomic mass is 32.2. The van der Waals surface area contributed by atoms with Gasteiger partial charge in [-0.2, -0.15) is 0 Å². The molecule has 0 spiro atoms. The van der Waals surface area contributed by atoms with Gasteiger partial charge in [-0.25, -0.2) is 4.21 Å². The summed E-state index contributed by atoms with van der Waals surface area (Å²) in [5.74, 6) is 0.476. The third-order valence-electron chi connectivity index (χ3n) is 2.01. The molecular weight excluding hydrogens is 176 g/mol. The van der Waals surface area contributed by atoms with Crippen LogP contribution >= 0.6 is 0 Å². The molecule has 0 amide bonds. The first-order valence-electron chi connectivity index (χ1n) is 3.57. The second-order valence-corrected chi connectivity index (χ2v) is 3.38. The summed E-state index contributed by atoms with van der Waals surface area (Å²) in [5.41, 5.74) is 3.45. The fraction of sp³-hybridized carbons (Fsp3) is 0.250. The summed E-state index contributed by atoms with van der Waals surface area (Å²) < 4.78 is 25.0. The molecule has 12 heavy (non-hydrogen) atoms. The van der Waals surface area contributed by atoms with Gasteiger partial charge < -0.3 is 8.74 Å². The van der Waals surface area contributed by atoms with E-state index in [1.54, 1.807) is 6.07 Å². The van der Waals surface area contributed by atoms with Gasteiger partial charge in [-0.15, -0.1) is 0 Å². The number of rotatable bonds is 2. The average molecular weight is 183 g/mol. The van der Waals surface area contributed by atoms with Crippen LogP contribution in [-0.2, 0) is 17.8 Å². The summed E-state index contributed by atoms with van der Waals surface area (Å²) in [4.78, 5) is 0. The van der Waals surface area contributed by atoms with Crippen LogP contribution in [0.4, 0.5) is 0 Å². The highest BCUT2D eigenvalue weighted by Crippen LogP contribution is 2.39. The van der Waals surface area contributed by atoms with Crippen LogP contribution in [0.1, 0.15) is 16.7 Å². The van der Waals surface area contributed by atoms with E-state index in [0.29, 0.717) is 5.75 Å². The number of aryl methyl sites for hydroxylation is 1. The average Bonchev–Trinajstić information content (AvgIpc) is 2.73. The van der Waals surface area contributed by atoms with E-state index in [9.17, 15) is 8.76 Å². The molecule has 64 valence electrons. The molecule has 3 nitrogen and oxygen atoms in total. The Bertz CT molecular complexity index is 360. The fourth-order valence-corrected chi connectivity index (χ4v) is 1.60. The zero-order valence-electron chi connectivity index (χ0n) is 6.49. The first kappa shape index (κ1) is 7.76. The van der Waals surface area contributed by atoms with Gasteiger partial charge in [0.15, 0.2) is 0 Å². The predicted molar refractivity (Wildman–Crippen MR) is 43.5 cm³/mol. The van der Waals surface area contributed by atoms with Crippen molar-refractivity contribution in [1.82, 2.24) is 0 Å². The van der Waals surface area contributed by atoms with Crippen molar-refractivity contribution < 1.29 is 12.9 Å². The molecule has 1 atom stereocenters. The second-order valence-electron chi connectivity index (χ2n) is 2.80. The molecule has 1 aliphatic carbocycles. The molecule has 1 aliphatic rings. The van der Waals surface area contributed by atoms with Crippen molar-refractivity contribution in [2.24, 2.45) is 0 Å². The van der Waals surface area contributed by atoms with E-state index < -0.39 is 11.4 Å². The number of fused-ring (bicyclic) bond motifs is 1. The summed E-state index contributed by atoms with van der Waals surface area (Å²) in [6.07, 6.45) is 0.866. The standard InChI is InChI=1S/C8H8O3S/c1-5-2-3-8(11-12(9)10)7-4-6(5)7/h2-3H,4H2,1H3,(H,9,10)/p-1. The normalized spacial score (nSPS) is 15.2. The van der Waals surface area contributed by atoms with Gasteiger partial charge in [0, 0.05) is 12.0 Å². The lowest BCUT2D eigenvalue weighted by Gasteiger charge is -2.06. The van der Waals surface area contributed by atoms with Crippen LogP contribution in [0.25, 0.3) is 0 Å². The Morgan fingerprint density at radius 2 is 2.25 bits per heavy atom. The van der Waals surface area contributed by atoms with Crippen LogP contribution in [0.5, 0.6) is 5.75 Å². The third kappa shape index (κ3) is 1.23. The van der Waals surface area contributed by atoms with E-state index in [4.69, 9.17) is 0 Å². The monoisotopic (exact) mass is 183 g/mol. The minimum Gasteiger partial charge on any atom is -0.740 e. The van der Waals surface area contributed by atoms with Crippen molar-refractivity contribution in [3.63, 3.8) is 0 Å². The summed E-state index contributed by atoms with van der Waals surface area (Å²) in [7, 11) is 0. The van der Waals surface area contributed by atoms with Crippen molar-refractivity contribution in [1.29, 1.82) is 0 Å². The van der Waals surface area contributed by atoms with Gasteiger partial charge >= 0.3 is 0 Å². The van der Waals surface area contributed by atoms with Crippen LogP contribution in [0, 0.1) is 6.92 Å². The molecule has 0 radical (unpaired) electrons. The van der Waals surface area contributed by atoms with Gasteiger partial charge in [-0.05, 0) is 24.1 Å². The summed E-state index contributed by atoms with van der Waals surface area (Å²) in [6, 6.07) is 3.56. The lowest BCUT2D eigenvalue weighted by atomic mass is 10.2. The fourth-order valence-electron chi connectivity index (χ4n) is 1.30. The molecule has 0 aromatic heterocycles. The van der Waals surface area contributed by atoms with Crippen LogP contribution in [-0.4, -0.2) is 8.76 Å². The largest absolute Gasteiger partial charge is 0.740 e. The molecule has 1 unspecified atom stereocenters. The number of hydrogen-bond donors (Lipinski definition) is 0. The number of hydrogen-bond acceptors (Lipinski definition) is 3. The Morgan fingerprint density at radius 3 is 2.92 bits per heavy atom. The van der Waals surface area contributed by atoms with Crippen LogP contribution in [0.15, 0.2) is 12.1 Å². The van der Waals surface area contributed by atoms with Crippen molar-refractivity contribution in [3.8, 4) is 5.75 Å². The lowest BCUT2D eigenvalue weighted by Crippen LogP contribution is -1.97. The minimum atomic E-state index is -2.45. The molecule has 4 heteroatoms. The zero-order chi connectivity index (χ0) is 8.72. The van der Waals surface area contributed by atoms with E-state index in [0.717, 1.165) is 12.0 Å². The second kappa shape index (κ2) is 2.57. The predicted octanol–water partition coefficient (Wildman–Crippen LogP) is 1.07. The molecule has 0 heterocycles. The van der Waals surface area contributed by atoms with E-state index in [1.807, 2.05) is 13.0 Å². The molecule has 1 aromatic rings. The van der Waals surface area contributed by atoms with E-state index in [2.05, 4.69) is 4.18 Å². The van der Waals surface area contributed by atoms with Gasteiger partial charge in [0.1, 0.15) is 17.1 Å². The molecule has 0 bridgehead atoms. The highest BCUT2D eigenvalue weighted by Gasteiger charge is 2.24. The van der Waals surface area contributed by atoms with Crippen molar-refractivity contribution in [2.75, 3.05) is 0 Å². The van der Waals surface area contributed by atoms with Gasteiger partial charge in [0.25, 0.3) is 0 Å². The van der Waals surface area contributed by atoms with E-state index >= 15 is 0 Å². The lowest BCUT2D eigenvalue weighted by molar-refractivity contribution is 0.440. The first-order chi connectivity index (χ1) is 5.68. The van der Waals surface area contributed by atoms with Crippen LogP contribution < -0.4 is 4.18 Å². The summed E-state index contributed by atoms with van der Waals surface area (Å²) in [5, 5.41) is 0. The summed E-state index contributed by atoms with van der Waals surface area (Å²) in [6.45, 7) is 2.00.